The smallest absolute Gasteiger partial charge is 0.293 e. The third-order valence-electron chi connectivity index (χ3n) is 4.47. The van der Waals surface area contributed by atoms with E-state index in [4.69, 9.17) is 9.15 Å². The van der Waals surface area contributed by atoms with Gasteiger partial charge in [-0.3, -0.25) is 14.9 Å². The number of nitrogens with zero attached hydrogens (tertiary/aromatic N) is 2. The van der Waals surface area contributed by atoms with E-state index in [-0.39, 0.29) is 17.9 Å². The number of ether oxygens (including phenoxy) is 1. The molecule has 0 aliphatic carbocycles. The summed E-state index contributed by atoms with van der Waals surface area (Å²) in [6.45, 7) is 2.25. The minimum absolute atomic E-state index is 0.137. The molecule has 1 amide bonds. The van der Waals surface area contributed by atoms with Crippen molar-refractivity contribution in [3.8, 4) is 17.0 Å². The van der Waals surface area contributed by atoms with Crippen molar-refractivity contribution in [3.63, 3.8) is 0 Å². The molecule has 0 spiro atoms. The molecule has 8 heteroatoms. The Morgan fingerprint density at radius 3 is 2.90 bits per heavy atom. The Labute approximate surface area is 176 Å². The molecule has 0 fully saturated rings. The number of rotatable bonds is 6. The van der Waals surface area contributed by atoms with Gasteiger partial charge in [0.15, 0.2) is 10.9 Å². The van der Waals surface area contributed by atoms with Crippen LogP contribution in [0.5, 0.6) is 5.75 Å². The zero-order valence-corrected chi connectivity index (χ0v) is 17.2. The maximum absolute atomic E-state index is 12.5. The lowest BCUT2D eigenvalue weighted by molar-refractivity contribution is 0.0994. The average molecular weight is 421 g/mol. The Hall–Kier alpha value is -3.65. The minimum atomic E-state index is -0.404. The highest BCUT2D eigenvalue weighted by atomic mass is 32.1. The zero-order chi connectivity index (χ0) is 21.1. The number of anilines is 1. The Balaban J connectivity index is 1.48. The summed E-state index contributed by atoms with van der Waals surface area (Å²) in [4.78, 5) is 28.9. The number of pyridine rings is 1. The van der Waals surface area contributed by atoms with Crippen molar-refractivity contribution in [3.05, 3.63) is 87.5 Å². The fourth-order valence-corrected chi connectivity index (χ4v) is 3.69. The molecule has 0 bridgehead atoms. The molecular formula is C22H19N3O4S. The van der Waals surface area contributed by atoms with Gasteiger partial charge in [-0.2, -0.15) is 0 Å². The van der Waals surface area contributed by atoms with Crippen molar-refractivity contribution in [2.45, 2.75) is 13.5 Å². The van der Waals surface area contributed by atoms with Crippen LogP contribution < -0.4 is 15.6 Å². The summed E-state index contributed by atoms with van der Waals surface area (Å²) in [5, 5.41) is 5.07. The van der Waals surface area contributed by atoms with Gasteiger partial charge < -0.3 is 13.7 Å². The van der Waals surface area contributed by atoms with Crippen LogP contribution in [-0.4, -0.2) is 22.6 Å². The minimum Gasteiger partial charge on any atom is -0.496 e. The normalized spacial score (nSPS) is 10.7. The monoisotopic (exact) mass is 421 g/mol. The summed E-state index contributed by atoms with van der Waals surface area (Å²) in [5.74, 6) is 0.978. The molecule has 0 saturated carbocycles. The van der Waals surface area contributed by atoms with Crippen LogP contribution in [0.4, 0.5) is 5.13 Å². The number of carbonyl (C=O) groups is 1. The van der Waals surface area contributed by atoms with Gasteiger partial charge in [0.2, 0.25) is 0 Å². The maximum atomic E-state index is 12.5. The first kappa shape index (κ1) is 19.7. The predicted octanol–water partition coefficient (Wildman–Crippen LogP) is 4.18. The van der Waals surface area contributed by atoms with E-state index >= 15 is 0 Å². The molecule has 3 heterocycles. The van der Waals surface area contributed by atoms with Crippen LogP contribution >= 0.6 is 11.3 Å². The molecule has 0 aliphatic rings. The van der Waals surface area contributed by atoms with E-state index in [1.165, 1.54) is 22.0 Å². The molecule has 1 aromatic carbocycles. The SMILES string of the molecule is COc1ccc(C)cc1-c1csc(NC(=O)c2ccc(Cn3ccccc3=O)o2)n1. The van der Waals surface area contributed by atoms with Gasteiger partial charge in [-0.05, 0) is 37.3 Å². The number of nitrogens with one attached hydrogen (secondary N) is 1. The Morgan fingerprint density at radius 2 is 2.10 bits per heavy atom. The summed E-state index contributed by atoms with van der Waals surface area (Å²) in [7, 11) is 1.61. The Bertz CT molecular complexity index is 1260. The topological polar surface area (TPSA) is 86.4 Å². The number of hydrogen-bond donors (Lipinski definition) is 1. The van der Waals surface area contributed by atoms with Crippen LogP contribution in [0.15, 0.2) is 69.3 Å². The van der Waals surface area contributed by atoms with Crippen LogP contribution in [0.2, 0.25) is 0 Å². The first-order chi connectivity index (χ1) is 14.5. The number of amides is 1. The largest absolute Gasteiger partial charge is 0.496 e. The maximum Gasteiger partial charge on any atom is 0.293 e. The predicted molar refractivity (Wildman–Crippen MR) is 115 cm³/mol. The summed E-state index contributed by atoms with van der Waals surface area (Å²) in [5.41, 5.74) is 2.54. The summed E-state index contributed by atoms with van der Waals surface area (Å²) < 4.78 is 12.5. The second kappa shape index (κ2) is 8.38. The quantitative estimate of drug-likeness (QED) is 0.505. The first-order valence-electron chi connectivity index (χ1n) is 9.19. The number of aryl methyl sites for hydroxylation is 1. The molecule has 30 heavy (non-hydrogen) atoms. The van der Waals surface area contributed by atoms with E-state index in [0.29, 0.717) is 10.9 Å². The van der Waals surface area contributed by atoms with E-state index in [0.717, 1.165) is 22.6 Å². The fraction of sp³-hybridized carbons (Fsp3) is 0.136. The van der Waals surface area contributed by atoms with E-state index < -0.39 is 5.91 Å². The molecule has 7 nitrogen and oxygen atoms in total. The van der Waals surface area contributed by atoms with Gasteiger partial charge >= 0.3 is 0 Å². The van der Waals surface area contributed by atoms with Crippen molar-refractivity contribution in [1.29, 1.82) is 0 Å². The molecule has 0 aliphatic heterocycles. The van der Waals surface area contributed by atoms with Crippen LogP contribution in [0.1, 0.15) is 21.9 Å². The number of furan rings is 1. The van der Waals surface area contributed by atoms with Crippen molar-refractivity contribution in [2.75, 3.05) is 12.4 Å². The van der Waals surface area contributed by atoms with Gasteiger partial charge in [0.05, 0.1) is 19.3 Å². The van der Waals surface area contributed by atoms with Gasteiger partial charge in [-0.15, -0.1) is 11.3 Å². The van der Waals surface area contributed by atoms with Gasteiger partial charge in [0.1, 0.15) is 11.5 Å². The highest BCUT2D eigenvalue weighted by molar-refractivity contribution is 7.14. The van der Waals surface area contributed by atoms with Gasteiger partial charge in [0.25, 0.3) is 11.5 Å². The molecule has 3 aromatic heterocycles. The van der Waals surface area contributed by atoms with E-state index in [9.17, 15) is 9.59 Å². The lowest BCUT2D eigenvalue weighted by Gasteiger charge is -2.07. The number of hydrogen-bond acceptors (Lipinski definition) is 6. The highest BCUT2D eigenvalue weighted by Gasteiger charge is 2.16. The lowest BCUT2D eigenvalue weighted by Crippen LogP contribution is -2.18. The van der Waals surface area contributed by atoms with Crippen molar-refractivity contribution >= 4 is 22.4 Å². The summed E-state index contributed by atoms with van der Waals surface area (Å²) in [6, 6.07) is 14.0. The molecule has 0 atom stereocenters. The van der Waals surface area contributed by atoms with Crippen LogP contribution in [0.25, 0.3) is 11.3 Å². The van der Waals surface area contributed by atoms with E-state index in [1.54, 1.807) is 37.6 Å². The van der Waals surface area contributed by atoms with Crippen LogP contribution in [0.3, 0.4) is 0 Å². The number of methoxy groups -OCH3 is 1. The molecule has 1 N–H and O–H groups in total. The second-order valence-electron chi connectivity index (χ2n) is 6.63. The third-order valence-corrected chi connectivity index (χ3v) is 5.22. The number of benzene rings is 1. The van der Waals surface area contributed by atoms with E-state index in [1.807, 2.05) is 30.5 Å². The summed E-state index contributed by atoms with van der Waals surface area (Å²) in [6.07, 6.45) is 1.67. The molecular weight excluding hydrogens is 402 g/mol. The van der Waals surface area contributed by atoms with Gasteiger partial charge in [-0.1, -0.05) is 17.7 Å². The molecule has 152 valence electrons. The number of aromatic nitrogens is 2. The molecule has 0 radical (unpaired) electrons. The third kappa shape index (κ3) is 4.18. The van der Waals surface area contributed by atoms with Gasteiger partial charge in [0, 0.05) is 23.2 Å². The summed E-state index contributed by atoms with van der Waals surface area (Å²) >= 11 is 1.32. The van der Waals surface area contributed by atoms with Crippen LogP contribution in [-0.2, 0) is 6.54 Å². The lowest BCUT2D eigenvalue weighted by atomic mass is 10.1. The second-order valence-corrected chi connectivity index (χ2v) is 7.49. The van der Waals surface area contributed by atoms with Crippen molar-refractivity contribution in [2.24, 2.45) is 0 Å². The van der Waals surface area contributed by atoms with E-state index in [2.05, 4.69) is 10.3 Å². The van der Waals surface area contributed by atoms with Gasteiger partial charge in [-0.25, -0.2) is 4.98 Å². The highest BCUT2D eigenvalue weighted by Crippen LogP contribution is 2.33. The average Bonchev–Trinajstić information content (AvgIpc) is 3.39. The number of carbonyl (C=O) groups excluding carboxylic acids is 1. The van der Waals surface area contributed by atoms with Crippen molar-refractivity contribution < 1.29 is 13.9 Å². The molecule has 4 aromatic rings. The molecule has 4 rings (SSSR count). The van der Waals surface area contributed by atoms with Crippen LogP contribution in [0, 0.1) is 6.92 Å². The number of thiazole rings is 1. The first-order valence-corrected chi connectivity index (χ1v) is 10.1. The Kier molecular flexibility index (Phi) is 5.49. The Morgan fingerprint density at radius 1 is 1.23 bits per heavy atom. The zero-order valence-electron chi connectivity index (χ0n) is 16.4. The standard InChI is InChI=1S/C22H19N3O4S/c1-14-6-8-18(28-2)16(11-14)17-13-30-22(23-17)24-21(27)19-9-7-15(29-19)12-25-10-4-3-5-20(25)26/h3-11,13H,12H2,1-2H3,(H,23,24,27). The van der Waals surface area contributed by atoms with Crippen molar-refractivity contribution in [1.82, 2.24) is 9.55 Å². The molecule has 0 unspecified atom stereocenters. The fourth-order valence-electron chi connectivity index (χ4n) is 2.98. The molecule has 0 saturated heterocycles.